The van der Waals surface area contributed by atoms with E-state index in [0.29, 0.717) is 31.6 Å². The van der Waals surface area contributed by atoms with Crippen LogP contribution in [0, 0.1) is 6.92 Å². The summed E-state index contributed by atoms with van der Waals surface area (Å²) in [4.78, 5) is 17.7. The molecular weight excluding hydrogens is 358 g/mol. The number of para-hydroxylation sites is 1. The lowest BCUT2D eigenvalue weighted by molar-refractivity contribution is 0.225. The molecule has 0 N–H and O–H groups in total. The summed E-state index contributed by atoms with van der Waals surface area (Å²) >= 11 is 7.39. The van der Waals surface area contributed by atoms with Gasteiger partial charge >= 0.3 is 0 Å². The molecule has 1 atom stereocenters. The smallest absolute Gasteiger partial charge is 0.283 e. The van der Waals surface area contributed by atoms with Crippen molar-refractivity contribution in [2.75, 3.05) is 0 Å². The molecule has 0 aliphatic heterocycles. The van der Waals surface area contributed by atoms with Crippen molar-refractivity contribution < 1.29 is 4.74 Å². The van der Waals surface area contributed by atoms with Gasteiger partial charge in [0.05, 0.1) is 10.9 Å². The van der Waals surface area contributed by atoms with E-state index in [0.717, 1.165) is 5.56 Å². The second-order valence-corrected chi connectivity index (χ2v) is 7.13. The van der Waals surface area contributed by atoms with Crippen LogP contribution in [0.5, 0.6) is 5.75 Å². The minimum atomic E-state index is -0.310. The molecule has 0 bridgehead atoms. The number of hydrogen-bond acceptors (Lipinski definition) is 5. The van der Waals surface area contributed by atoms with E-state index in [9.17, 15) is 4.79 Å². The Morgan fingerprint density at radius 1 is 1.24 bits per heavy atom. The van der Waals surface area contributed by atoms with Gasteiger partial charge in [-0.1, -0.05) is 35.1 Å². The maximum absolute atomic E-state index is 12.6. The average molecular weight is 372 g/mol. The zero-order valence-electron chi connectivity index (χ0n) is 13.6. The van der Waals surface area contributed by atoms with Gasteiger partial charge in [0, 0.05) is 5.02 Å². The Morgan fingerprint density at radius 3 is 2.84 bits per heavy atom. The van der Waals surface area contributed by atoms with Gasteiger partial charge in [-0.3, -0.25) is 4.79 Å². The topological polar surface area (TPSA) is 56.5 Å². The molecule has 2 heterocycles. The number of hydrogen-bond donors (Lipinski definition) is 0. The normalized spacial score (nSPS) is 12.6. The minimum Gasteiger partial charge on any atom is -0.483 e. The van der Waals surface area contributed by atoms with Crippen molar-refractivity contribution in [1.29, 1.82) is 0 Å². The summed E-state index contributed by atoms with van der Waals surface area (Å²) < 4.78 is 7.29. The van der Waals surface area contributed by atoms with E-state index >= 15 is 0 Å². The lowest BCUT2D eigenvalue weighted by atomic mass is 10.2. The first-order valence-corrected chi connectivity index (χ1v) is 8.94. The predicted octanol–water partition coefficient (Wildman–Crippen LogP) is 4.41. The lowest BCUT2D eigenvalue weighted by Crippen LogP contribution is -2.15. The van der Waals surface area contributed by atoms with E-state index in [1.807, 2.05) is 44.2 Å². The predicted molar refractivity (Wildman–Crippen MR) is 99.9 cm³/mol. The molecule has 7 heteroatoms. The van der Waals surface area contributed by atoms with E-state index in [1.54, 1.807) is 12.1 Å². The van der Waals surface area contributed by atoms with Gasteiger partial charge in [0.15, 0.2) is 5.01 Å². The summed E-state index contributed by atoms with van der Waals surface area (Å²) in [6, 6.07) is 12.8. The van der Waals surface area contributed by atoms with Crippen molar-refractivity contribution in [1.82, 2.24) is 14.6 Å². The second-order valence-electron chi connectivity index (χ2n) is 5.74. The number of nitrogens with zero attached hydrogens (tertiary/aromatic N) is 3. The standard InChI is InChI=1S/C18H14ClN3O2S/c1-10-9-12(7-8-14(10)19)24-11(2)16-21-22-17(23)13-5-3-4-6-15(13)20-18(22)25-16/h3-9,11H,1-2H3/t11-/m0/s1. The van der Waals surface area contributed by atoms with E-state index in [-0.39, 0.29) is 11.7 Å². The van der Waals surface area contributed by atoms with Crippen LogP contribution in [0.15, 0.2) is 47.3 Å². The van der Waals surface area contributed by atoms with Crippen molar-refractivity contribution in [2.45, 2.75) is 20.0 Å². The Morgan fingerprint density at radius 2 is 2.04 bits per heavy atom. The summed E-state index contributed by atoms with van der Waals surface area (Å²) in [5, 5.41) is 6.35. The van der Waals surface area contributed by atoms with Gasteiger partial charge in [0.25, 0.3) is 5.56 Å². The van der Waals surface area contributed by atoms with Crippen LogP contribution in [0.1, 0.15) is 23.6 Å². The van der Waals surface area contributed by atoms with Gasteiger partial charge in [0.2, 0.25) is 4.96 Å². The first kappa shape index (κ1) is 16.1. The molecule has 0 spiro atoms. The van der Waals surface area contributed by atoms with Crippen molar-refractivity contribution >= 4 is 38.8 Å². The molecule has 126 valence electrons. The van der Waals surface area contributed by atoms with E-state index in [4.69, 9.17) is 16.3 Å². The molecule has 2 aromatic carbocycles. The molecule has 4 aromatic rings. The van der Waals surface area contributed by atoms with Crippen molar-refractivity contribution in [2.24, 2.45) is 0 Å². The molecule has 25 heavy (non-hydrogen) atoms. The third kappa shape index (κ3) is 2.88. The number of ether oxygens (including phenoxy) is 1. The van der Waals surface area contributed by atoms with Crippen LogP contribution in [0.2, 0.25) is 5.02 Å². The Labute approximate surface area is 152 Å². The fraction of sp³-hybridized carbons (Fsp3) is 0.167. The molecule has 0 unspecified atom stereocenters. The summed E-state index contributed by atoms with van der Waals surface area (Å²) in [6.07, 6.45) is -0.310. The Balaban J connectivity index is 1.73. The monoisotopic (exact) mass is 371 g/mol. The summed E-state index contributed by atoms with van der Waals surface area (Å²) in [5.74, 6) is 0.708. The Bertz CT molecular complexity index is 1150. The number of rotatable bonds is 3. The zero-order chi connectivity index (χ0) is 17.6. The summed E-state index contributed by atoms with van der Waals surface area (Å²) in [6.45, 7) is 3.82. The molecule has 5 nitrogen and oxygen atoms in total. The first-order chi connectivity index (χ1) is 12.0. The SMILES string of the molecule is Cc1cc(O[C@@H](C)c2nn3c(=O)c4ccccc4nc3s2)ccc1Cl. The Kier molecular flexibility index (Phi) is 3.94. The molecule has 0 saturated heterocycles. The number of aromatic nitrogens is 3. The number of halogens is 1. The highest BCUT2D eigenvalue weighted by Gasteiger charge is 2.17. The molecule has 0 aliphatic carbocycles. The molecule has 0 fully saturated rings. The van der Waals surface area contributed by atoms with Gasteiger partial charge in [-0.05, 0) is 49.7 Å². The van der Waals surface area contributed by atoms with Crippen molar-refractivity contribution in [3.8, 4) is 5.75 Å². The van der Waals surface area contributed by atoms with Gasteiger partial charge in [-0.15, -0.1) is 0 Å². The van der Waals surface area contributed by atoms with E-state index in [2.05, 4.69) is 10.1 Å². The molecule has 2 aromatic heterocycles. The van der Waals surface area contributed by atoms with Crippen molar-refractivity contribution in [3.63, 3.8) is 0 Å². The van der Waals surface area contributed by atoms with Crippen LogP contribution in [-0.2, 0) is 0 Å². The fourth-order valence-electron chi connectivity index (χ4n) is 2.58. The molecule has 0 amide bonds. The minimum absolute atomic E-state index is 0.169. The van der Waals surface area contributed by atoms with Crippen LogP contribution in [0.4, 0.5) is 0 Å². The fourth-order valence-corrected chi connectivity index (χ4v) is 3.57. The van der Waals surface area contributed by atoms with Crippen LogP contribution in [-0.4, -0.2) is 14.6 Å². The zero-order valence-corrected chi connectivity index (χ0v) is 15.1. The Hall–Kier alpha value is -2.44. The molecular formula is C18H14ClN3O2S. The lowest BCUT2D eigenvalue weighted by Gasteiger charge is -2.12. The number of fused-ring (bicyclic) bond motifs is 2. The first-order valence-electron chi connectivity index (χ1n) is 7.74. The number of aryl methyl sites for hydroxylation is 1. The van der Waals surface area contributed by atoms with Gasteiger partial charge < -0.3 is 4.74 Å². The maximum atomic E-state index is 12.6. The third-order valence-electron chi connectivity index (χ3n) is 3.91. The molecule has 0 aliphatic rings. The molecule has 0 radical (unpaired) electrons. The van der Waals surface area contributed by atoms with Crippen LogP contribution in [0.3, 0.4) is 0 Å². The van der Waals surface area contributed by atoms with Crippen LogP contribution in [0.25, 0.3) is 15.9 Å². The summed E-state index contributed by atoms with van der Waals surface area (Å²) in [7, 11) is 0. The molecule has 0 saturated carbocycles. The van der Waals surface area contributed by atoms with Gasteiger partial charge in [-0.25, -0.2) is 4.98 Å². The highest BCUT2D eigenvalue weighted by Crippen LogP contribution is 2.27. The van der Waals surface area contributed by atoms with Gasteiger partial charge in [0.1, 0.15) is 11.9 Å². The third-order valence-corrected chi connectivity index (χ3v) is 5.40. The van der Waals surface area contributed by atoms with Crippen LogP contribution < -0.4 is 10.3 Å². The highest BCUT2D eigenvalue weighted by molar-refractivity contribution is 7.16. The maximum Gasteiger partial charge on any atom is 0.283 e. The summed E-state index contributed by atoms with van der Waals surface area (Å²) in [5.41, 5.74) is 1.45. The highest BCUT2D eigenvalue weighted by atomic mass is 35.5. The number of benzene rings is 2. The quantitative estimate of drug-likeness (QED) is 0.535. The van der Waals surface area contributed by atoms with Gasteiger partial charge in [-0.2, -0.15) is 9.61 Å². The second kappa shape index (κ2) is 6.13. The average Bonchev–Trinajstić information content (AvgIpc) is 3.03. The molecule has 4 rings (SSSR count). The van der Waals surface area contributed by atoms with E-state index in [1.165, 1.54) is 15.9 Å². The van der Waals surface area contributed by atoms with Crippen LogP contribution >= 0.6 is 22.9 Å². The van der Waals surface area contributed by atoms with Crippen molar-refractivity contribution in [3.05, 3.63) is 68.4 Å². The van der Waals surface area contributed by atoms with E-state index < -0.39 is 0 Å². The largest absolute Gasteiger partial charge is 0.483 e.